The molecule has 8 nitrogen and oxygen atoms in total. The molecule has 38 heavy (non-hydrogen) atoms. The van der Waals surface area contributed by atoms with Crippen LogP contribution in [0.2, 0.25) is 0 Å². The van der Waals surface area contributed by atoms with E-state index in [4.69, 9.17) is 19.2 Å². The summed E-state index contributed by atoms with van der Waals surface area (Å²) in [6, 6.07) is 19.9. The van der Waals surface area contributed by atoms with Gasteiger partial charge in [0.1, 0.15) is 28.8 Å². The quantitative estimate of drug-likeness (QED) is 0.433. The van der Waals surface area contributed by atoms with Crippen LogP contribution in [0.3, 0.4) is 0 Å². The Bertz CT molecular complexity index is 1650. The molecule has 4 aromatic rings. The molecule has 0 saturated heterocycles. The van der Waals surface area contributed by atoms with Crippen LogP contribution in [0.5, 0.6) is 23.0 Å². The Morgan fingerprint density at radius 2 is 1.76 bits per heavy atom. The Balaban J connectivity index is 1.64. The Morgan fingerprint density at radius 3 is 2.47 bits per heavy atom. The van der Waals surface area contributed by atoms with Gasteiger partial charge in [-0.1, -0.05) is 42.5 Å². The molecule has 0 amide bonds. The molecule has 3 aromatic carbocycles. The molecule has 3 heterocycles. The van der Waals surface area contributed by atoms with Gasteiger partial charge in [0.25, 0.3) is 5.56 Å². The fraction of sp³-hybridized carbons (Fsp3) is 0.267. The number of phenolic OH excluding ortho intramolecular Hbond substituents is 1. The SMILES string of the molecule is COc1ccc(C23Oc4cc(OC)cc(O)c4C2(O)c2nc4n(c(=O)c2C3c2ccccc2)CCC4)cc1. The van der Waals surface area contributed by atoms with E-state index >= 15 is 0 Å². The highest BCUT2D eigenvalue weighted by atomic mass is 16.5. The predicted molar refractivity (Wildman–Crippen MR) is 138 cm³/mol. The van der Waals surface area contributed by atoms with Crippen LogP contribution >= 0.6 is 0 Å². The minimum atomic E-state index is -1.97. The van der Waals surface area contributed by atoms with E-state index in [9.17, 15) is 15.0 Å². The summed E-state index contributed by atoms with van der Waals surface area (Å²) >= 11 is 0. The van der Waals surface area contributed by atoms with Crippen LogP contribution in [0.4, 0.5) is 0 Å². The molecule has 3 unspecified atom stereocenters. The van der Waals surface area contributed by atoms with E-state index in [0.717, 1.165) is 12.0 Å². The molecule has 0 fully saturated rings. The predicted octanol–water partition coefficient (Wildman–Crippen LogP) is 3.58. The van der Waals surface area contributed by atoms with E-state index in [1.807, 2.05) is 42.5 Å². The number of hydrogen-bond donors (Lipinski definition) is 2. The summed E-state index contributed by atoms with van der Waals surface area (Å²) in [5.41, 5.74) is -1.53. The molecule has 7 rings (SSSR count). The monoisotopic (exact) mass is 510 g/mol. The van der Waals surface area contributed by atoms with Crippen molar-refractivity contribution >= 4 is 0 Å². The summed E-state index contributed by atoms with van der Waals surface area (Å²) in [4.78, 5) is 19.1. The van der Waals surface area contributed by atoms with Gasteiger partial charge in [-0.25, -0.2) is 4.98 Å². The highest BCUT2D eigenvalue weighted by Gasteiger charge is 2.74. The molecule has 0 radical (unpaired) electrons. The fourth-order valence-corrected chi connectivity index (χ4v) is 6.62. The van der Waals surface area contributed by atoms with Gasteiger partial charge in [0.05, 0.1) is 37.0 Å². The first kappa shape index (κ1) is 22.9. The molecule has 3 atom stereocenters. The Kier molecular flexibility index (Phi) is 4.72. The van der Waals surface area contributed by atoms with E-state index in [1.54, 1.807) is 29.9 Å². The normalized spacial score (nSPS) is 24.2. The maximum absolute atomic E-state index is 14.1. The molecule has 0 spiro atoms. The molecular weight excluding hydrogens is 484 g/mol. The van der Waals surface area contributed by atoms with Crippen molar-refractivity contribution in [1.29, 1.82) is 0 Å². The van der Waals surface area contributed by atoms with Gasteiger partial charge in [-0.2, -0.15) is 0 Å². The second-order valence-electron chi connectivity index (χ2n) is 9.99. The summed E-state index contributed by atoms with van der Waals surface area (Å²) < 4.78 is 19.3. The van der Waals surface area contributed by atoms with Gasteiger partial charge < -0.3 is 24.4 Å². The van der Waals surface area contributed by atoms with Crippen molar-refractivity contribution in [3.8, 4) is 23.0 Å². The zero-order valence-corrected chi connectivity index (χ0v) is 21.0. The Labute approximate surface area is 218 Å². The van der Waals surface area contributed by atoms with E-state index in [2.05, 4.69) is 0 Å². The molecule has 2 aliphatic heterocycles. The molecule has 3 aliphatic rings. The maximum Gasteiger partial charge on any atom is 0.257 e. The summed E-state index contributed by atoms with van der Waals surface area (Å²) in [6.45, 7) is 0.573. The second-order valence-corrected chi connectivity index (χ2v) is 9.99. The van der Waals surface area contributed by atoms with Crippen molar-refractivity contribution < 1.29 is 24.4 Å². The largest absolute Gasteiger partial charge is 0.507 e. The number of ether oxygens (including phenoxy) is 3. The third-order valence-electron chi connectivity index (χ3n) is 8.22. The van der Waals surface area contributed by atoms with E-state index in [0.29, 0.717) is 41.4 Å². The maximum atomic E-state index is 14.1. The smallest absolute Gasteiger partial charge is 0.257 e. The number of aryl methyl sites for hydroxylation is 1. The number of phenols is 1. The van der Waals surface area contributed by atoms with Crippen LogP contribution in [-0.4, -0.2) is 34.0 Å². The van der Waals surface area contributed by atoms with Crippen molar-refractivity contribution in [2.75, 3.05) is 14.2 Å². The molecule has 8 heteroatoms. The van der Waals surface area contributed by atoms with Crippen molar-refractivity contribution in [3.05, 3.63) is 111 Å². The lowest BCUT2D eigenvalue weighted by Gasteiger charge is -2.40. The van der Waals surface area contributed by atoms with Crippen molar-refractivity contribution in [2.45, 2.75) is 36.5 Å². The van der Waals surface area contributed by atoms with Crippen LogP contribution in [-0.2, 0) is 24.2 Å². The van der Waals surface area contributed by atoms with E-state index in [1.165, 1.54) is 13.2 Å². The highest BCUT2D eigenvalue weighted by Crippen LogP contribution is 2.69. The van der Waals surface area contributed by atoms with Crippen LogP contribution < -0.4 is 19.8 Å². The molecule has 192 valence electrons. The number of fused-ring (bicyclic) bond motifs is 6. The average molecular weight is 511 g/mol. The lowest BCUT2D eigenvalue weighted by molar-refractivity contribution is -0.0910. The summed E-state index contributed by atoms with van der Waals surface area (Å²) in [7, 11) is 3.08. The molecule has 1 aromatic heterocycles. The Morgan fingerprint density at radius 1 is 1.03 bits per heavy atom. The van der Waals surface area contributed by atoms with Gasteiger partial charge in [-0.15, -0.1) is 0 Å². The van der Waals surface area contributed by atoms with Crippen LogP contribution in [0.1, 0.15) is 46.1 Å². The lowest BCUT2D eigenvalue weighted by atomic mass is 9.70. The van der Waals surface area contributed by atoms with Gasteiger partial charge >= 0.3 is 0 Å². The van der Waals surface area contributed by atoms with E-state index in [-0.39, 0.29) is 28.3 Å². The van der Waals surface area contributed by atoms with Gasteiger partial charge in [-0.3, -0.25) is 9.36 Å². The van der Waals surface area contributed by atoms with Crippen molar-refractivity contribution in [1.82, 2.24) is 9.55 Å². The standard InChI is InChI=1S/C30H26N2O6/c1-36-19-12-10-18(11-13-19)30-25(17-7-4-3-5-8-17)24-27(31-23-9-6-14-32(23)28(24)34)29(30,35)26-21(33)15-20(37-2)16-22(26)38-30/h3-5,7-8,10-13,15-16,25,33,35H,6,9,14H2,1-2H3. The Hall–Kier alpha value is -4.30. The topological polar surface area (TPSA) is 103 Å². The first-order valence-corrected chi connectivity index (χ1v) is 12.6. The average Bonchev–Trinajstić information content (AvgIpc) is 3.58. The number of aromatic hydroxyl groups is 1. The first-order valence-electron chi connectivity index (χ1n) is 12.6. The third kappa shape index (κ3) is 2.67. The van der Waals surface area contributed by atoms with Crippen LogP contribution in [0, 0.1) is 0 Å². The number of hydrogen-bond acceptors (Lipinski definition) is 7. The third-order valence-corrected chi connectivity index (χ3v) is 8.22. The number of nitrogens with zero attached hydrogens (tertiary/aromatic N) is 2. The van der Waals surface area contributed by atoms with Crippen molar-refractivity contribution in [3.63, 3.8) is 0 Å². The van der Waals surface area contributed by atoms with Crippen molar-refractivity contribution in [2.24, 2.45) is 0 Å². The van der Waals surface area contributed by atoms with Gasteiger partial charge in [0.2, 0.25) is 0 Å². The zero-order valence-electron chi connectivity index (χ0n) is 21.0. The molecule has 0 saturated carbocycles. The number of aliphatic hydroxyl groups is 1. The molecule has 2 N–H and O–H groups in total. The highest BCUT2D eigenvalue weighted by molar-refractivity contribution is 5.68. The molecule has 1 aliphatic carbocycles. The van der Waals surface area contributed by atoms with Crippen LogP contribution in [0.25, 0.3) is 0 Å². The number of aromatic nitrogens is 2. The first-order chi connectivity index (χ1) is 18.4. The summed E-state index contributed by atoms with van der Waals surface area (Å²) in [5, 5.41) is 24.3. The van der Waals surface area contributed by atoms with Gasteiger partial charge in [0.15, 0.2) is 11.2 Å². The minimum absolute atomic E-state index is 0.170. The number of benzene rings is 3. The van der Waals surface area contributed by atoms with E-state index < -0.39 is 17.1 Å². The summed E-state index contributed by atoms with van der Waals surface area (Å²) in [6.07, 6.45) is 1.44. The van der Waals surface area contributed by atoms with Gasteiger partial charge in [-0.05, 0) is 24.1 Å². The van der Waals surface area contributed by atoms with Crippen LogP contribution in [0.15, 0.2) is 71.5 Å². The number of methoxy groups -OCH3 is 2. The fourth-order valence-electron chi connectivity index (χ4n) is 6.62. The van der Waals surface area contributed by atoms with Gasteiger partial charge in [0, 0.05) is 30.7 Å². The minimum Gasteiger partial charge on any atom is -0.507 e. The second kappa shape index (κ2) is 7.85. The zero-order chi connectivity index (χ0) is 26.2. The molecule has 0 bridgehead atoms. The lowest BCUT2D eigenvalue weighted by Crippen LogP contribution is -2.49. The number of rotatable bonds is 4. The molecular formula is C30H26N2O6. The summed E-state index contributed by atoms with van der Waals surface area (Å²) in [5.74, 6) is 0.994.